The van der Waals surface area contributed by atoms with E-state index < -0.39 is 0 Å². The van der Waals surface area contributed by atoms with Gasteiger partial charge in [-0.3, -0.25) is 0 Å². The highest BCUT2D eigenvalue weighted by molar-refractivity contribution is 7.81. The topological polar surface area (TPSA) is 53.2 Å². The van der Waals surface area contributed by atoms with Gasteiger partial charge in [0.05, 0.1) is 6.04 Å². The molecule has 5 heteroatoms. The second kappa shape index (κ2) is 6.84. The number of allylic oxidation sites excluding steroid dienone is 1. The summed E-state index contributed by atoms with van der Waals surface area (Å²) in [6.07, 6.45) is 0. The van der Waals surface area contributed by atoms with Crippen LogP contribution in [-0.2, 0) is 0 Å². The van der Waals surface area contributed by atoms with Crippen LogP contribution < -0.4 is 16.0 Å². The first kappa shape index (κ1) is 16.2. The van der Waals surface area contributed by atoms with Gasteiger partial charge in [-0.05, 0) is 31.5 Å². The fourth-order valence-corrected chi connectivity index (χ4v) is 3.11. The molecule has 2 amide bonds. The summed E-state index contributed by atoms with van der Waals surface area (Å²) in [4.78, 5) is 12.5. The molecule has 0 radical (unpaired) electrons. The summed E-state index contributed by atoms with van der Waals surface area (Å²) in [5.41, 5.74) is 4.74. The van der Waals surface area contributed by atoms with Crippen LogP contribution in [0.5, 0.6) is 0 Å². The van der Waals surface area contributed by atoms with Crippen LogP contribution in [0.1, 0.15) is 24.1 Å². The van der Waals surface area contributed by atoms with E-state index >= 15 is 0 Å². The minimum atomic E-state index is -0.273. The minimum Gasteiger partial charge on any atom is -0.346 e. The first-order valence-electron chi connectivity index (χ1n) is 7.76. The molecule has 0 aliphatic carbocycles. The zero-order valence-electron chi connectivity index (χ0n) is 13.6. The van der Waals surface area contributed by atoms with Gasteiger partial charge >= 0.3 is 6.03 Å². The number of aryl methyl sites for hydroxylation is 1. The van der Waals surface area contributed by atoms with Gasteiger partial charge in [0.25, 0.3) is 0 Å². The average Bonchev–Trinajstić information content (AvgIpc) is 2.57. The molecular formula is C19H19N3OS. The summed E-state index contributed by atoms with van der Waals surface area (Å²) >= 11 is 5.62. The summed E-state index contributed by atoms with van der Waals surface area (Å²) in [5.74, 6) is 0. The highest BCUT2D eigenvalue weighted by Gasteiger charge is 2.28. The molecule has 0 unspecified atom stereocenters. The molecule has 0 saturated heterocycles. The Kier molecular flexibility index (Phi) is 4.62. The third-order valence-electron chi connectivity index (χ3n) is 3.96. The number of hydrogen-bond acceptors (Lipinski definition) is 2. The molecule has 0 spiro atoms. The van der Waals surface area contributed by atoms with E-state index in [2.05, 4.69) is 16.0 Å². The standard InChI is InChI=1S/C19H19N3OS/c1-12-8-10-15(11-9-12)21-18(24)16-13(2)20-19(23)22-17(16)14-6-4-3-5-7-14/h3-11,17H,1-2H3,(H,21,24)(H2,20,22,23)/t17-/m1/s1. The van der Waals surface area contributed by atoms with Gasteiger partial charge in [0, 0.05) is 17.0 Å². The molecule has 1 aliphatic rings. The van der Waals surface area contributed by atoms with Crippen LogP contribution in [-0.4, -0.2) is 11.0 Å². The number of amides is 2. The van der Waals surface area contributed by atoms with E-state index in [1.807, 2.05) is 68.4 Å². The molecule has 2 aromatic carbocycles. The molecule has 2 aromatic rings. The Bertz CT molecular complexity index is 797. The molecule has 0 saturated carbocycles. The predicted molar refractivity (Wildman–Crippen MR) is 101 cm³/mol. The van der Waals surface area contributed by atoms with E-state index in [1.165, 1.54) is 5.56 Å². The zero-order valence-corrected chi connectivity index (χ0v) is 14.4. The maximum atomic E-state index is 11.9. The van der Waals surface area contributed by atoms with Crippen LogP contribution in [0.25, 0.3) is 0 Å². The molecule has 1 atom stereocenters. The predicted octanol–water partition coefficient (Wildman–Crippen LogP) is 4.06. The Hall–Kier alpha value is -2.66. The van der Waals surface area contributed by atoms with Crippen molar-refractivity contribution in [2.24, 2.45) is 0 Å². The van der Waals surface area contributed by atoms with Crippen LogP contribution in [0, 0.1) is 6.92 Å². The Morgan fingerprint density at radius 2 is 1.71 bits per heavy atom. The number of anilines is 1. The number of thiocarbonyl (C=S) groups is 1. The number of nitrogens with one attached hydrogen (secondary N) is 3. The number of carbonyl (C=O) groups is 1. The normalized spacial score (nSPS) is 17.1. The Labute approximate surface area is 147 Å². The summed E-state index contributed by atoms with van der Waals surface area (Å²) in [6.45, 7) is 3.91. The lowest BCUT2D eigenvalue weighted by atomic mass is 9.95. The van der Waals surface area contributed by atoms with Gasteiger partial charge in [-0.2, -0.15) is 0 Å². The van der Waals surface area contributed by atoms with Gasteiger partial charge in [0.2, 0.25) is 0 Å². The number of hydrogen-bond donors (Lipinski definition) is 3. The van der Waals surface area contributed by atoms with Crippen molar-refractivity contribution < 1.29 is 4.79 Å². The lowest BCUT2D eigenvalue weighted by Crippen LogP contribution is -2.45. The van der Waals surface area contributed by atoms with Crippen LogP contribution in [0.15, 0.2) is 65.9 Å². The van der Waals surface area contributed by atoms with Crippen molar-refractivity contribution in [3.63, 3.8) is 0 Å². The first-order chi connectivity index (χ1) is 11.5. The largest absolute Gasteiger partial charge is 0.346 e. The van der Waals surface area contributed by atoms with Crippen LogP contribution >= 0.6 is 12.2 Å². The summed E-state index contributed by atoms with van der Waals surface area (Å²) in [5, 5.41) is 9.03. The van der Waals surface area contributed by atoms with Crippen molar-refractivity contribution in [3.05, 3.63) is 77.0 Å². The molecular weight excluding hydrogens is 318 g/mol. The fourth-order valence-electron chi connectivity index (χ4n) is 2.73. The quantitative estimate of drug-likeness (QED) is 0.740. The summed E-state index contributed by atoms with van der Waals surface area (Å²) < 4.78 is 0. The van der Waals surface area contributed by atoms with Crippen LogP contribution in [0.3, 0.4) is 0 Å². The lowest BCUT2D eigenvalue weighted by molar-refractivity contribution is 0.239. The van der Waals surface area contributed by atoms with Crippen LogP contribution in [0.4, 0.5) is 10.5 Å². The van der Waals surface area contributed by atoms with Crippen molar-refractivity contribution in [1.29, 1.82) is 0 Å². The number of carbonyl (C=O) groups excluding carboxylic acids is 1. The van der Waals surface area contributed by atoms with Crippen molar-refractivity contribution in [2.45, 2.75) is 19.9 Å². The third-order valence-corrected chi connectivity index (χ3v) is 4.28. The number of rotatable bonds is 3. The zero-order chi connectivity index (χ0) is 17.1. The van der Waals surface area contributed by atoms with E-state index in [4.69, 9.17) is 12.2 Å². The van der Waals surface area contributed by atoms with E-state index in [9.17, 15) is 4.79 Å². The first-order valence-corrected chi connectivity index (χ1v) is 8.16. The third kappa shape index (κ3) is 3.46. The molecule has 1 heterocycles. The molecule has 0 aromatic heterocycles. The van der Waals surface area contributed by atoms with E-state index in [0.717, 1.165) is 22.5 Å². The maximum absolute atomic E-state index is 11.9. The van der Waals surface area contributed by atoms with Gasteiger partial charge < -0.3 is 16.0 Å². The van der Waals surface area contributed by atoms with Gasteiger partial charge in [0.1, 0.15) is 4.99 Å². The summed E-state index contributed by atoms with van der Waals surface area (Å²) in [7, 11) is 0. The van der Waals surface area contributed by atoms with Gasteiger partial charge in [0.15, 0.2) is 0 Å². The van der Waals surface area contributed by atoms with Gasteiger partial charge in [-0.1, -0.05) is 60.2 Å². The number of benzene rings is 2. The second-order valence-corrected chi connectivity index (χ2v) is 6.21. The van der Waals surface area contributed by atoms with Gasteiger partial charge in [-0.25, -0.2) is 4.79 Å². The Balaban J connectivity index is 1.92. The lowest BCUT2D eigenvalue weighted by Gasteiger charge is -2.30. The van der Waals surface area contributed by atoms with E-state index in [-0.39, 0.29) is 12.1 Å². The summed E-state index contributed by atoms with van der Waals surface area (Å²) in [6, 6.07) is 17.4. The minimum absolute atomic E-state index is 0.219. The van der Waals surface area contributed by atoms with Crippen molar-refractivity contribution in [3.8, 4) is 0 Å². The molecule has 1 aliphatic heterocycles. The molecule has 122 valence electrons. The SMILES string of the molecule is CC1=C(C(=S)Nc2ccc(C)cc2)[C@@H](c2ccccc2)NC(=O)N1. The maximum Gasteiger partial charge on any atom is 0.319 e. The molecule has 0 bridgehead atoms. The smallest absolute Gasteiger partial charge is 0.319 e. The van der Waals surface area contributed by atoms with Crippen LogP contribution in [0.2, 0.25) is 0 Å². The Morgan fingerprint density at radius 3 is 2.38 bits per heavy atom. The monoisotopic (exact) mass is 337 g/mol. The fraction of sp³-hybridized carbons (Fsp3) is 0.158. The van der Waals surface area contributed by atoms with E-state index in [0.29, 0.717) is 4.99 Å². The molecule has 24 heavy (non-hydrogen) atoms. The molecule has 4 nitrogen and oxygen atoms in total. The number of urea groups is 1. The van der Waals surface area contributed by atoms with Crippen molar-refractivity contribution in [1.82, 2.24) is 10.6 Å². The van der Waals surface area contributed by atoms with Crippen molar-refractivity contribution in [2.75, 3.05) is 5.32 Å². The Morgan fingerprint density at radius 1 is 1.04 bits per heavy atom. The second-order valence-electron chi connectivity index (χ2n) is 5.80. The van der Waals surface area contributed by atoms with Crippen molar-refractivity contribution >= 4 is 28.9 Å². The van der Waals surface area contributed by atoms with E-state index in [1.54, 1.807) is 0 Å². The molecule has 3 N–H and O–H groups in total. The van der Waals surface area contributed by atoms with Gasteiger partial charge in [-0.15, -0.1) is 0 Å². The molecule has 3 rings (SSSR count). The molecule has 0 fully saturated rings. The highest BCUT2D eigenvalue weighted by Crippen LogP contribution is 2.28. The highest BCUT2D eigenvalue weighted by atomic mass is 32.1. The average molecular weight is 337 g/mol.